The van der Waals surface area contributed by atoms with Crippen molar-refractivity contribution in [3.8, 4) is 0 Å². The van der Waals surface area contributed by atoms with E-state index in [1.54, 1.807) is 21.6 Å². The molecule has 0 aromatic rings. The molecule has 1 rings (SSSR count). The summed E-state index contributed by atoms with van der Waals surface area (Å²) in [7, 11) is 7.89. The summed E-state index contributed by atoms with van der Waals surface area (Å²) in [5.74, 6) is 0.515. The first-order valence-electron chi connectivity index (χ1n) is 7.10. The zero-order valence-corrected chi connectivity index (χ0v) is 19.8. The quantitative estimate of drug-likeness (QED) is 0.193. The van der Waals surface area contributed by atoms with E-state index in [1.165, 1.54) is 0 Å². The van der Waals surface area contributed by atoms with Gasteiger partial charge in [-0.25, -0.2) is 0 Å². The van der Waals surface area contributed by atoms with Crippen LogP contribution in [0.2, 0.25) is 0 Å². The van der Waals surface area contributed by atoms with Crippen LogP contribution in [0, 0.1) is 41.7 Å². The van der Waals surface area contributed by atoms with Crippen LogP contribution in [0.25, 0.3) is 0 Å². The number of ether oxygens (including phenoxy) is 2. The van der Waals surface area contributed by atoms with Crippen LogP contribution < -0.4 is 0 Å². The zero-order chi connectivity index (χ0) is 16.2. The molecule has 0 aromatic heterocycles. The first-order chi connectivity index (χ1) is 9.61. The molecule has 22 heavy (non-hydrogen) atoms. The van der Waals surface area contributed by atoms with Gasteiger partial charge in [0.15, 0.2) is 8.38 Å². The van der Waals surface area contributed by atoms with Gasteiger partial charge in [0.1, 0.15) is 26.0 Å². The first-order valence-corrected chi connectivity index (χ1v) is 10.7. The second-order valence-electron chi connectivity index (χ2n) is 6.33. The molecule has 126 valence electrons. The van der Waals surface area contributed by atoms with Gasteiger partial charge in [0.2, 0.25) is 0 Å². The van der Waals surface area contributed by atoms with Crippen molar-refractivity contribution in [2.24, 2.45) is 0 Å². The molecular weight excluding hydrogens is 466 g/mol. The van der Waals surface area contributed by atoms with Crippen LogP contribution in [0.5, 0.6) is 0 Å². The van der Waals surface area contributed by atoms with E-state index in [-0.39, 0.29) is 70.5 Å². The summed E-state index contributed by atoms with van der Waals surface area (Å²) in [5.41, 5.74) is 0.0792. The standard InChI is InChI=1S/C13H26BO4PS2.Ce/c1-8(2)19(15)18-10-9(3)17-12(14)11(10)16-7-20-21-13(4,5)6;/h8-12,15H,7H2,1-6H3;/t9-,10?,11+,12-,19?;/m1./s1. The maximum Gasteiger partial charge on any atom is 0.170 e. The molecule has 0 spiro atoms. The molecule has 1 saturated heterocycles. The Hall–Kier alpha value is 2.41. The fourth-order valence-electron chi connectivity index (χ4n) is 1.75. The minimum Gasteiger partial charge on any atom is -0.379 e. The molecule has 0 aliphatic carbocycles. The van der Waals surface area contributed by atoms with Gasteiger partial charge in [-0.1, -0.05) is 56.2 Å². The molecule has 1 aliphatic heterocycles. The maximum atomic E-state index is 9.97. The van der Waals surface area contributed by atoms with Crippen molar-refractivity contribution in [3.05, 3.63) is 0 Å². The molecule has 2 unspecified atom stereocenters. The fraction of sp³-hybridized carbons (Fsp3) is 1.00. The van der Waals surface area contributed by atoms with Crippen LogP contribution in [0.15, 0.2) is 0 Å². The summed E-state index contributed by atoms with van der Waals surface area (Å²) in [6.45, 7) is 12.2. The summed E-state index contributed by atoms with van der Waals surface area (Å²) < 4.78 is 17.3. The predicted octanol–water partition coefficient (Wildman–Crippen LogP) is 3.52. The first kappa shape index (κ1) is 24.4. The second-order valence-corrected chi connectivity index (χ2v) is 11.3. The van der Waals surface area contributed by atoms with Crippen LogP contribution in [0.3, 0.4) is 0 Å². The normalized spacial score (nSPS) is 30.4. The van der Waals surface area contributed by atoms with Gasteiger partial charge >= 0.3 is 0 Å². The maximum absolute atomic E-state index is 9.97. The van der Waals surface area contributed by atoms with Gasteiger partial charge in [-0.15, -0.1) is 0 Å². The molecule has 0 saturated carbocycles. The Morgan fingerprint density at radius 1 is 1.32 bits per heavy atom. The van der Waals surface area contributed by atoms with Gasteiger partial charge in [-0.3, -0.25) is 0 Å². The van der Waals surface area contributed by atoms with Crippen LogP contribution in [-0.4, -0.2) is 53.4 Å². The zero-order valence-electron chi connectivity index (χ0n) is 14.1. The molecule has 1 aliphatic rings. The average Bonchev–Trinajstić information content (AvgIpc) is 2.59. The van der Waals surface area contributed by atoms with E-state index in [4.69, 9.17) is 21.8 Å². The van der Waals surface area contributed by atoms with Gasteiger partial charge < -0.3 is 18.9 Å². The second kappa shape index (κ2) is 11.2. The number of hydrogen-bond donors (Lipinski definition) is 1. The summed E-state index contributed by atoms with van der Waals surface area (Å²) >= 11 is 0. The minimum absolute atomic E-state index is 0. The summed E-state index contributed by atoms with van der Waals surface area (Å²) in [6.07, 6.45) is -0.844. The van der Waals surface area contributed by atoms with Crippen molar-refractivity contribution >= 4 is 37.8 Å². The van der Waals surface area contributed by atoms with Crippen LogP contribution in [-0.2, 0) is 14.0 Å². The summed E-state index contributed by atoms with van der Waals surface area (Å²) in [6, 6.07) is -0.513. The van der Waals surface area contributed by atoms with E-state index in [0.717, 1.165) is 0 Å². The Morgan fingerprint density at radius 3 is 2.41 bits per heavy atom. The molecule has 0 aromatic carbocycles. The van der Waals surface area contributed by atoms with Gasteiger partial charge in [0.25, 0.3) is 0 Å². The monoisotopic (exact) mass is 492 g/mol. The Balaban J connectivity index is 0.00000441. The van der Waals surface area contributed by atoms with Gasteiger partial charge in [0, 0.05) is 58.2 Å². The molecule has 1 heterocycles. The average molecular weight is 492 g/mol. The molecule has 1 N–H and O–H groups in total. The van der Waals surface area contributed by atoms with Crippen LogP contribution in [0.4, 0.5) is 0 Å². The SMILES string of the molecule is [B][C@@H]1O[C@H](C)C(OP(O)C(C)C)[C@@H]1OCSSC(C)(C)C.[Ce]. The number of rotatable bonds is 7. The summed E-state index contributed by atoms with van der Waals surface area (Å²) in [5, 5.41) is 0. The topological polar surface area (TPSA) is 47.9 Å². The largest absolute Gasteiger partial charge is 0.379 e. The third-order valence-electron chi connectivity index (χ3n) is 2.77. The van der Waals surface area contributed by atoms with Crippen LogP contribution >= 0.6 is 30.0 Å². The van der Waals surface area contributed by atoms with E-state index < -0.39 is 14.4 Å². The Kier molecular flexibility index (Phi) is 12.4. The van der Waals surface area contributed by atoms with Crippen molar-refractivity contribution in [1.29, 1.82) is 0 Å². The third-order valence-corrected chi connectivity index (χ3v) is 7.11. The Morgan fingerprint density at radius 2 is 1.91 bits per heavy atom. The van der Waals surface area contributed by atoms with Gasteiger partial charge in [-0.05, 0) is 6.92 Å². The van der Waals surface area contributed by atoms with Crippen molar-refractivity contribution in [2.45, 2.75) is 76.3 Å². The van der Waals surface area contributed by atoms with E-state index in [0.29, 0.717) is 5.94 Å². The van der Waals surface area contributed by atoms with Gasteiger partial charge in [0.05, 0.1) is 6.10 Å². The summed E-state index contributed by atoms with van der Waals surface area (Å²) in [4.78, 5) is 9.97. The van der Waals surface area contributed by atoms with Crippen LogP contribution in [0.1, 0.15) is 41.5 Å². The molecule has 5 atom stereocenters. The van der Waals surface area contributed by atoms with Crippen molar-refractivity contribution < 1.29 is 60.6 Å². The molecule has 4 nitrogen and oxygen atoms in total. The smallest absolute Gasteiger partial charge is 0.170 e. The molecule has 2 radical (unpaired) electrons. The van der Waals surface area contributed by atoms with Crippen molar-refractivity contribution in [2.75, 3.05) is 5.94 Å². The van der Waals surface area contributed by atoms with E-state index in [9.17, 15) is 4.89 Å². The van der Waals surface area contributed by atoms with Crippen molar-refractivity contribution in [1.82, 2.24) is 0 Å². The van der Waals surface area contributed by atoms with Crippen molar-refractivity contribution in [3.63, 3.8) is 0 Å². The third kappa shape index (κ3) is 8.68. The van der Waals surface area contributed by atoms with E-state index >= 15 is 0 Å². The molecule has 9 heteroatoms. The molecule has 0 bridgehead atoms. The Bertz CT molecular complexity index is 323. The predicted molar refractivity (Wildman–Crippen MR) is 93.9 cm³/mol. The molecule has 1 fully saturated rings. The van der Waals surface area contributed by atoms with E-state index in [2.05, 4.69) is 20.8 Å². The Labute approximate surface area is 179 Å². The van der Waals surface area contributed by atoms with E-state index in [1.807, 2.05) is 20.8 Å². The molecule has 0 amide bonds. The number of hydrogen-bond acceptors (Lipinski definition) is 6. The molecular formula is C13H26BCeO4PS2. The fourth-order valence-corrected chi connectivity index (χ4v) is 4.52. The minimum atomic E-state index is -1.49. The van der Waals surface area contributed by atoms with Gasteiger partial charge in [-0.2, -0.15) is 0 Å².